The fourth-order valence-corrected chi connectivity index (χ4v) is 2.69. The Bertz CT molecular complexity index is 808. The molecule has 0 aromatic carbocycles. The molecule has 0 spiro atoms. The van der Waals surface area contributed by atoms with Gasteiger partial charge >= 0.3 is 51.4 Å². The summed E-state index contributed by atoms with van der Waals surface area (Å²) in [7, 11) is 0. The van der Waals surface area contributed by atoms with Gasteiger partial charge in [-0.15, -0.1) is 0 Å². The van der Waals surface area contributed by atoms with Crippen LogP contribution in [0.1, 0.15) is 12.5 Å². The van der Waals surface area contributed by atoms with Gasteiger partial charge in [0.2, 0.25) is 5.91 Å². The van der Waals surface area contributed by atoms with E-state index in [2.05, 4.69) is 22.1 Å². The zero-order valence-corrected chi connectivity index (χ0v) is 19.6. The number of aliphatic carboxylic acids is 1. The number of aliphatic hydroxyl groups is 3. The molecule has 1 aromatic rings. The first-order valence-electron chi connectivity index (χ1n) is 8.68. The van der Waals surface area contributed by atoms with Crippen molar-refractivity contribution in [2.45, 2.75) is 37.4 Å². The molecule has 30 heavy (non-hydrogen) atoms. The molecule has 0 aliphatic carbocycles. The third kappa shape index (κ3) is 7.73. The molecule has 0 radical (unpaired) electrons. The van der Waals surface area contributed by atoms with E-state index in [0.717, 1.165) is 6.08 Å². The molecule has 4 N–H and O–H groups in total. The number of hydrogen-bond donors (Lipinski definition) is 4. The fourth-order valence-electron chi connectivity index (χ4n) is 2.69. The van der Waals surface area contributed by atoms with Gasteiger partial charge in [-0.1, -0.05) is 11.8 Å². The van der Waals surface area contributed by atoms with E-state index in [1.54, 1.807) is 24.5 Å². The number of rotatable bonds is 7. The summed E-state index contributed by atoms with van der Waals surface area (Å²) in [6.45, 7) is 0.265. The van der Waals surface area contributed by atoms with Gasteiger partial charge in [0.05, 0.1) is 12.6 Å². The van der Waals surface area contributed by atoms with Gasteiger partial charge in [0.25, 0.3) is 0 Å². The summed E-state index contributed by atoms with van der Waals surface area (Å²) >= 11 is 0. The zero-order chi connectivity index (χ0) is 21.4. The molecule has 2 rings (SSSR count). The van der Waals surface area contributed by atoms with Crippen LogP contribution in [0.2, 0.25) is 0 Å². The Morgan fingerprint density at radius 2 is 2.17 bits per heavy atom. The topological polar surface area (TPSA) is 161 Å². The zero-order valence-electron chi connectivity index (χ0n) is 16.5. The molecule has 5 atom stereocenters. The molecule has 0 fully saturated rings. The molecular formula is C19H21KN2O8. The SMILES string of the molecule is CC(=O)N[C@H]1[C@@H]([C@H](O)[C@H](O)CO)OC(C(=O)[O-])=C[C@@H]1OCC#Cc1cccnc1.[K+]. The van der Waals surface area contributed by atoms with Crippen LogP contribution in [0.3, 0.4) is 0 Å². The molecular weight excluding hydrogens is 423 g/mol. The molecule has 0 saturated carbocycles. The summed E-state index contributed by atoms with van der Waals surface area (Å²) in [4.78, 5) is 26.8. The number of carboxylic acid groups (broad SMARTS) is 1. The van der Waals surface area contributed by atoms with Crippen LogP contribution in [-0.2, 0) is 19.1 Å². The summed E-state index contributed by atoms with van der Waals surface area (Å²) in [6, 6.07) is 2.39. The standard InChI is InChI=1S/C19H22N2O8.K/c1-11(23)21-16-14(28-7-3-5-12-4-2-6-20-9-12)8-15(19(26)27)29-18(16)17(25)13(24)10-22;/h2,4,6,8-9,13-14,16-18,22,24-25H,7,10H2,1H3,(H,21,23)(H,26,27);/q;+1/p-1/t13-,14+,16-,17-,18+;/m1./s1. The Balaban J connectivity index is 0.00000450. The van der Waals surface area contributed by atoms with Crippen LogP contribution < -0.4 is 61.8 Å². The van der Waals surface area contributed by atoms with Crippen LogP contribution in [0.5, 0.6) is 0 Å². The van der Waals surface area contributed by atoms with Crippen molar-refractivity contribution in [3.05, 3.63) is 41.9 Å². The Morgan fingerprint density at radius 3 is 2.73 bits per heavy atom. The summed E-state index contributed by atoms with van der Waals surface area (Å²) in [5.74, 6) is 2.73. The third-order valence-electron chi connectivity index (χ3n) is 4.02. The molecule has 0 saturated heterocycles. The van der Waals surface area contributed by atoms with Gasteiger partial charge in [-0.3, -0.25) is 9.78 Å². The van der Waals surface area contributed by atoms with Crippen LogP contribution in [-0.4, -0.2) is 75.9 Å². The number of nitrogens with one attached hydrogen (secondary N) is 1. The Hall–Kier alpha value is -1.33. The quantitative estimate of drug-likeness (QED) is 0.237. The summed E-state index contributed by atoms with van der Waals surface area (Å²) in [5.41, 5.74) is 0.645. The molecule has 0 bridgehead atoms. The summed E-state index contributed by atoms with van der Waals surface area (Å²) in [6.07, 6.45) is -1.60. The van der Waals surface area contributed by atoms with Gasteiger partial charge in [-0.25, -0.2) is 0 Å². The van der Waals surface area contributed by atoms with Gasteiger partial charge in [-0.2, -0.15) is 0 Å². The number of aliphatic hydroxyl groups excluding tert-OH is 3. The predicted molar refractivity (Wildman–Crippen MR) is 95.5 cm³/mol. The second-order valence-electron chi connectivity index (χ2n) is 6.19. The minimum atomic E-state index is -1.72. The molecule has 1 aliphatic heterocycles. The van der Waals surface area contributed by atoms with Crippen molar-refractivity contribution in [1.29, 1.82) is 0 Å². The van der Waals surface area contributed by atoms with Crippen molar-refractivity contribution in [2.24, 2.45) is 0 Å². The summed E-state index contributed by atoms with van der Waals surface area (Å²) in [5, 5.41) is 42.8. The van der Waals surface area contributed by atoms with E-state index in [1.165, 1.54) is 6.92 Å². The van der Waals surface area contributed by atoms with Gasteiger partial charge in [-0.05, 0) is 18.2 Å². The third-order valence-corrected chi connectivity index (χ3v) is 4.02. The first kappa shape index (κ1) is 26.7. The Labute approximate surface area is 215 Å². The van der Waals surface area contributed by atoms with Crippen LogP contribution in [0, 0.1) is 11.8 Å². The monoisotopic (exact) mass is 444 g/mol. The molecule has 2 heterocycles. The van der Waals surface area contributed by atoms with E-state index in [4.69, 9.17) is 14.6 Å². The second-order valence-corrected chi connectivity index (χ2v) is 6.19. The van der Waals surface area contributed by atoms with Crippen LogP contribution >= 0.6 is 0 Å². The van der Waals surface area contributed by atoms with Gasteiger partial charge in [0.15, 0.2) is 6.10 Å². The van der Waals surface area contributed by atoms with E-state index in [-0.39, 0.29) is 58.0 Å². The van der Waals surface area contributed by atoms with Gasteiger partial charge in [0.1, 0.15) is 36.6 Å². The molecule has 1 amide bonds. The molecule has 1 aliphatic rings. The fraction of sp³-hybridized carbons (Fsp3) is 0.421. The average Bonchev–Trinajstić information content (AvgIpc) is 2.71. The van der Waals surface area contributed by atoms with Gasteiger partial charge < -0.3 is 40.0 Å². The van der Waals surface area contributed by atoms with Gasteiger partial charge in [0, 0.05) is 24.9 Å². The number of carboxylic acids is 1. The van der Waals surface area contributed by atoms with Crippen molar-refractivity contribution in [3.63, 3.8) is 0 Å². The van der Waals surface area contributed by atoms with Crippen molar-refractivity contribution in [3.8, 4) is 11.8 Å². The first-order valence-corrected chi connectivity index (χ1v) is 8.68. The minimum absolute atomic E-state index is 0. The molecule has 1 aromatic heterocycles. The number of nitrogens with zero attached hydrogens (tertiary/aromatic N) is 1. The second kappa shape index (κ2) is 13.2. The Morgan fingerprint density at radius 1 is 1.43 bits per heavy atom. The molecule has 156 valence electrons. The van der Waals surface area contributed by atoms with E-state index < -0.39 is 54.7 Å². The maximum atomic E-state index is 11.6. The normalized spacial score (nSPS) is 22.1. The molecule has 10 nitrogen and oxygen atoms in total. The largest absolute Gasteiger partial charge is 1.00 e. The number of amides is 1. The van der Waals surface area contributed by atoms with E-state index in [1.807, 2.05) is 0 Å². The molecule has 11 heteroatoms. The van der Waals surface area contributed by atoms with Crippen LogP contribution in [0.4, 0.5) is 0 Å². The van der Waals surface area contributed by atoms with Crippen molar-refractivity contribution in [1.82, 2.24) is 10.3 Å². The van der Waals surface area contributed by atoms with Crippen molar-refractivity contribution >= 4 is 11.9 Å². The van der Waals surface area contributed by atoms with E-state index in [0.29, 0.717) is 5.56 Å². The average molecular weight is 444 g/mol. The number of hydrogen-bond acceptors (Lipinski definition) is 9. The van der Waals surface area contributed by atoms with Crippen molar-refractivity contribution < 1.29 is 90.9 Å². The maximum Gasteiger partial charge on any atom is 1.00 e. The minimum Gasteiger partial charge on any atom is -0.542 e. The smallest absolute Gasteiger partial charge is 0.542 e. The number of pyridine rings is 1. The van der Waals surface area contributed by atoms with Crippen LogP contribution in [0.25, 0.3) is 0 Å². The number of ether oxygens (including phenoxy) is 2. The predicted octanol–water partition coefficient (Wildman–Crippen LogP) is -5.93. The van der Waals surface area contributed by atoms with E-state index in [9.17, 15) is 24.9 Å². The number of carbonyl (C=O) groups is 2. The number of aromatic nitrogens is 1. The van der Waals surface area contributed by atoms with E-state index >= 15 is 0 Å². The van der Waals surface area contributed by atoms with Crippen molar-refractivity contribution in [2.75, 3.05) is 13.2 Å². The van der Waals surface area contributed by atoms with Crippen LogP contribution in [0.15, 0.2) is 36.4 Å². The maximum absolute atomic E-state index is 11.6. The summed E-state index contributed by atoms with van der Waals surface area (Å²) < 4.78 is 10.8. The first-order chi connectivity index (χ1) is 13.8. The Kier molecular flexibility index (Phi) is 11.7. The number of carbonyl (C=O) groups excluding carboxylic acids is 2. The molecule has 0 unspecified atom stereocenters.